The van der Waals surface area contributed by atoms with Crippen molar-refractivity contribution in [2.45, 2.75) is 13.0 Å². The maximum atomic E-state index is 8.56. The molecule has 2 N–H and O–H groups in total. The zero-order valence-corrected chi connectivity index (χ0v) is 11.5. The van der Waals surface area contributed by atoms with Crippen LogP contribution in [-0.2, 0) is 11.3 Å². The van der Waals surface area contributed by atoms with Crippen molar-refractivity contribution in [1.82, 2.24) is 15.1 Å². The summed E-state index contributed by atoms with van der Waals surface area (Å²) in [4.78, 5) is 0. The predicted octanol–water partition coefficient (Wildman–Crippen LogP) is 1.36. The lowest BCUT2D eigenvalue weighted by atomic mass is 10.2. The standard InChI is InChI=1S/C15H21N3O2/c19-10-12-20-11-2-7-16-13-14-3-5-15(6-4-14)18-9-1-8-17-18/h1,3-6,8-9,16,19H,2,7,10-13H2. The third-order valence-electron chi connectivity index (χ3n) is 2.91. The molecule has 0 radical (unpaired) electrons. The monoisotopic (exact) mass is 275 g/mol. The third-order valence-corrected chi connectivity index (χ3v) is 2.91. The van der Waals surface area contributed by atoms with E-state index in [-0.39, 0.29) is 6.61 Å². The molecule has 0 spiro atoms. The molecule has 5 heteroatoms. The topological polar surface area (TPSA) is 59.3 Å². The van der Waals surface area contributed by atoms with E-state index >= 15 is 0 Å². The normalized spacial score (nSPS) is 10.8. The van der Waals surface area contributed by atoms with Gasteiger partial charge in [0.15, 0.2) is 0 Å². The van der Waals surface area contributed by atoms with Crippen LogP contribution in [0.1, 0.15) is 12.0 Å². The van der Waals surface area contributed by atoms with Gasteiger partial charge in [-0.15, -0.1) is 0 Å². The molecule has 0 bridgehead atoms. The van der Waals surface area contributed by atoms with E-state index in [1.165, 1.54) is 5.56 Å². The predicted molar refractivity (Wildman–Crippen MR) is 77.8 cm³/mol. The van der Waals surface area contributed by atoms with Gasteiger partial charge in [0.05, 0.1) is 18.9 Å². The van der Waals surface area contributed by atoms with Crippen molar-refractivity contribution in [3.05, 3.63) is 48.3 Å². The summed E-state index contributed by atoms with van der Waals surface area (Å²) >= 11 is 0. The van der Waals surface area contributed by atoms with Crippen molar-refractivity contribution in [1.29, 1.82) is 0 Å². The molecule has 5 nitrogen and oxygen atoms in total. The van der Waals surface area contributed by atoms with Crippen molar-refractivity contribution in [3.8, 4) is 5.69 Å². The lowest BCUT2D eigenvalue weighted by molar-refractivity contribution is 0.0907. The Morgan fingerprint density at radius 2 is 2.05 bits per heavy atom. The number of benzene rings is 1. The number of ether oxygens (including phenoxy) is 1. The second-order valence-electron chi connectivity index (χ2n) is 4.48. The van der Waals surface area contributed by atoms with E-state index in [1.807, 2.05) is 16.9 Å². The summed E-state index contributed by atoms with van der Waals surface area (Å²) in [5.41, 5.74) is 2.31. The first-order chi connectivity index (χ1) is 9.90. The first kappa shape index (κ1) is 14.7. The fourth-order valence-corrected chi connectivity index (χ4v) is 1.89. The number of hydrogen-bond donors (Lipinski definition) is 2. The Hall–Kier alpha value is -1.69. The Kier molecular flexibility index (Phi) is 6.23. The van der Waals surface area contributed by atoms with E-state index in [0.29, 0.717) is 13.2 Å². The largest absolute Gasteiger partial charge is 0.394 e. The van der Waals surface area contributed by atoms with Crippen LogP contribution in [0.3, 0.4) is 0 Å². The molecular weight excluding hydrogens is 254 g/mol. The lowest BCUT2D eigenvalue weighted by Gasteiger charge is -2.07. The molecule has 1 heterocycles. The molecule has 2 rings (SSSR count). The number of aromatic nitrogens is 2. The average molecular weight is 275 g/mol. The summed E-state index contributed by atoms with van der Waals surface area (Å²) in [7, 11) is 0. The van der Waals surface area contributed by atoms with Crippen molar-refractivity contribution in [2.24, 2.45) is 0 Å². The molecular formula is C15H21N3O2. The second-order valence-corrected chi connectivity index (χ2v) is 4.48. The summed E-state index contributed by atoms with van der Waals surface area (Å²) in [6.07, 6.45) is 4.65. The maximum absolute atomic E-state index is 8.56. The highest BCUT2D eigenvalue weighted by atomic mass is 16.5. The van der Waals surface area contributed by atoms with Gasteiger partial charge in [0.25, 0.3) is 0 Å². The van der Waals surface area contributed by atoms with Gasteiger partial charge in [-0.1, -0.05) is 12.1 Å². The number of aliphatic hydroxyl groups excluding tert-OH is 1. The molecule has 0 saturated heterocycles. The van der Waals surface area contributed by atoms with E-state index in [0.717, 1.165) is 25.2 Å². The minimum atomic E-state index is 0.0933. The quantitative estimate of drug-likeness (QED) is 0.678. The van der Waals surface area contributed by atoms with Crippen LogP contribution in [0.25, 0.3) is 5.69 Å². The summed E-state index contributed by atoms with van der Waals surface area (Å²) in [5, 5.41) is 16.1. The van der Waals surface area contributed by atoms with E-state index in [2.05, 4.69) is 34.7 Å². The smallest absolute Gasteiger partial charge is 0.0697 e. The summed E-state index contributed by atoms with van der Waals surface area (Å²) in [5.74, 6) is 0. The van der Waals surface area contributed by atoms with Crippen LogP contribution in [-0.4, -0.2) is 41.3 Å². The minimum Gasteiger partial charge on any atom is -0.394 e. The van der Waals surface area contributed by atoms with Crippen LogP contribution in [0.15, 0.2) is 42.7 Å². The SMILES string of the molecule is OCCOCCCNCc1ccc(-n2cccn2)cc1. The van der Waals surface area contributed by atoms with Gasteiger partial charge in [0, 0.05) is 25.5 Å². The highest BCUT2D eigenvalue weighted by molar-refractivity contribution is 5.33. The Bertz CT molecular complexity index is 468. The maximum Gasteiger partial charge on any atom is 0.0697 e. The molecule has 0 fully saturated rings. The Morgan fingerprint density at radius 3 is 2.75 bits per heavy atom. The van der Waals surface area contributed by atoms with Crippen molar-refractivity contribution >= 4 is 0 Å². The van der Waals surface area contributed by atoms with E-state index in [1.54, 1.807) is 6.20 Å². The molecule has 0 amide bonds. The molecule has 20 heavy (non-hydrogen) atoms. The van der Waals surface area contributed by atoms with Crippen LogP contribution in [0.2, 0.25) is 0 Å². The van der Waals surface area contributed by atoms with E-state index in [9.17, 15) is 0 Å². The molecule has 0 atom stereocenters. The Morgan fingerprint density at radius 1 is 1.20 bits per heavy atom. The molecule has 1 aromatic carbocycles. The fourth-order valence-electron chi connectivity index (χ4n) is 1.89. The molecule has 2 aromatic rings. The van der Waals surface area contributed by atoms with E-state index < -0.39 is 0 Å². The van der Waals surface area contributed by atoms with Gasteiger partial charge < -0.3 is 15.2 Å². The first-order valence-corrected chi connectivity index (χ1v) is 6.88. The number of aliphatic hydroxyl groups is 1. The summed E-state index contributed by atoms with van der Waals surface area (Å²) in [6.45, 7) is 2.96. The molecule has 0 saturated carbocycles. The second kappa shape index (κ2) is 8.47. The highest BCUT2D eigenvalue weighted by Gasteiger charge is 1.97. The molecule has 108 valence electrons. The average Bonchev–Trinajstić information content (AvgIpc) is 3.01. The number of nitrogens with one attached hydrogen (secondary N) is 1. The van der Waals surface area contributed by atoms with Crippen LogP contribution >= 0.6 is 0 Å². The molecule has 0 aliphatic carbocycles. The van der Waals surface area contributed by atoms with Gasteiger partial charge in [0.1, 0.15) is 0 Å². The number of rotatable bonds is 9. The van der Waals surface area contributed by atoms with Crippen LogP contribution < -0.4 is 5.32 Å². The molecule has 0 aliphatic rings. The Balaban J connectivity index is 1.67. The van der Waals surface area contributed by atoms with Crippen LogP contribution in [0, 0.1) is 0 Å². The third kappa shape index (κ3) is 4.77. The van der Waals surface area contributed by atoms with Gasteiger partial charge in [-0.3, -0.25) is 0 Å². The lowest BCUT2D eigenvalue weighted by Crippen LogP contribution is -2.16. The molecule has 1 aromatic heterocycles. The van der Waals surface area contributed by atoms with Gasteiger partial charge in [-0.05, 0) is 36.7 Å². The van der Waals surface area contributed by atoms with Gasteiger partial charge in [-0.2, -0.15) is 5.10 Å². The Labute approximate surface area is 119 Å². The van der Waals surface area contributed by atoms with Crippen LogP contribution in [0.4, 0.5) is 0 Å². The van der Waals surface area contributed by atoms with Crippen molar-refractivity contribution < 1.29 is 9.84 Å². The van der Waals surface area contributed by atoms with Gasteiger partial charge in [0.2, 0.25) is 0 Å². The summed E-state index contributed by atoms with van der Waals surface area (Å²) < 4.78 is 7.04. The zero-order chi connectivity index (χ0) is 14.0. The number of hydrogen-bond acceptors (Lipinski definition) is 4. The van der Waals surface area contributed by atoms with Gasteiger partial charge >= 0.3 is 0 Å². The summed E-state index contributed by atoms with van der Waals surface area (Å²) in [6, 6.07) is 10.2. The van der Waals surface area contributed by atoms with Crippen molar-refractivity contribution in [3.63, 3.8) is 0 Å². The fraction of sp³-hybridized carbons (Fsp3) is 0.400. The molecule has 0 aliphatic heterocycles. The van der Waals surface area contributed by atoms with Crippen LogP contribution in [0.5, 0.6) is 0 Å². The first-order valence-electron chi connectivity index (χ1n) is 6.88. The minimum absolute atomic E-state index is 0.0933. The van der Waals surface area contributed by atoms with Crippen molar-refractivity contribution in [2.75, 3.05) is 26.4 Å². The zero-order valence-electron chi connectivity index (χ0n) is 11.5. The molecule has 0 unspecified atom stereocenters. The number of nitrogens with zero attached hydrogens (tertiary/aromatic N) is 2. The van der Waals surface area contributed by atoms with E-state index in [4.69, 9.17) is 9.84 Å². The highest BCUT2D eigenvalue weighted by Crippen LogP contribution is 2.08. The van der Waals surface area contributed by atoms with Gasteiger partial charge in [-0.25, -0.2) is 4.68 Å².